The van der Waals surface area contributed by atoms with Crippen molar-refractivity contribution in [2.45, 2.75) is 25.8 Å². The van der Waals surface area contributed by atoms with Gasteiger partial charge in [0.1, 0.15) is 11.5 Å². The number of phenolic OH excluding ortho intramolecular Hbond substituents is 2. The first-order valence-electron chi connectivity index (χ1n) is 7.60. The minimum atomic E-state index is -1.01. The summed E-state index contributed by atoms with van der Waals surface area (Å²) in [5.74, 6) is -1.81. The molecular weight excluding hydrogens is 310 g/mol. The van der Waals surface area contributed by atoms with Crippen molar-refractivity contribution in [3.05, 3.63) is 53.1 Å². The number of carboxylic acid groups (broad SMARTS) is 1. The molecule has 6 heteroatoms. The number of fused-ring (bicyclic) bond motifs is 1. The van der Waals surface area contributed by atoms with Crippen LogP contribution >= 0.6 is 0 Å². The highest BCUT2D eigenvalue weighted by atomic mass is 16.4. The van der Waals surface area contributed by atoms with Gasteiger partial charge in [0.15, 0.2) is 0 Å². The number of carbonyl (C=O) groups is 2. The lowest BCUT2D eigenvalue weighted by Crippen LogP contribution is -2.42. The lowest BCUT2D eigenvalue weighted by atomic mass is 9.94. The molecule has 0 fully saturated rings. The maximum absolute atomic E-state index is 12.9. The fraction of sp³-hybridized carbons (Fsp3) is 0.222. The molecule has 0 bridgehead atoms. The quantitative estimate of drug-likeness (QED) is 0.788. The number of rotatable bonds is 2. The average Bonchev–Trinajstić information content (AvgIpc) is 2.53. The van der Waals surface area contributed by atoms with E-state index in [2.05, 4.69) is 0 Å². The first-order valence-corrected chi connectivity index (χ1v) is 7.60. The third-order valence-electron chi connectivity index (χ3n) is 4.29. The Kier molecular flexibility index (Phi) is 3.89. The smallest absolute Gasteiger partial charge is 0.335 e. The first-order chi connectivity index (χ1) is 11.4. The molecule has 0 aliphatic carbocycles. The molecule has 1 aliphatic rings. The predicted octanol–water partition coefficient (Wildman–Crippen LogP) is 2.78. The van der Waals surface area contributed by atoms with Crippen molar-refractivity contribution in [2.75, 3.05) is 4.90 Å². The Hall–Kier alpha value is -3.02. The Morgan fingerprint density at radius 3 is 2.54 bits per heavy atom. The molecule has 0 saturated carbocycles. The largest absolute Gasteiger partial charge is 0.508 e. The van der Waals surface area contributed by atoms with E-state index >= 15 is 0 Å². The highest BCUT2D eigenvalue weighted by Gasteiger charge is 2.30. The van der Waals surface area contributed by atoms with E-state index in [1.54, 1.807) is 17.0 Å². The van der Waals surface area contributed by atoms with Gasteiger partial charge in [0.25, 0.3) is 5.91 Å². The molecule has 0 unspecified atom stereocenters. The third-order valence-corrected chi connectivity index (χ3v) is 4.29. The summed E-state index contributed by atoms with van der Waals surface area (Å²) in [6.07, 6.45) is 1.38. The summed E-state index contributed by atoms with van der Waals surface area (Å²) in [5, 5.41) is 28.5. The number of aromatic hydroxyl groups is 2. The van der Waals surface area contributed by atoms with Crippen LogP contribution in [0.4, 0.5) is 5.69 Å². The van der Waals surface area contributed by atoms with E-state index in [-0.39, 0.29) is 34.6 Å². The van der Waals surface area contributed by atoms with Gasteiger partial charge in [-0.05, 0) is 55.7 Å². The first kappa shape index (κ1) is 15.9. The topological polar surface area (TPSA) is 98.1 Å². The van der Waals surface area contributed by atoms with E-state index in [0.717, 1.165) is 11.6 Å². The van der Waals surface area contributed by atoms with Gasteiger partial charge in [0.05, 0.1) is 11.1 Å². The van der Waals surface area contributed by atoms with E-state index in [1.807, 2.05) is 6.92 Å². The zero-order valence-corrected chi connectivity index (χ0v) is 13.1. The van der Waals surface area contributed by atoms with Gasteiger partial charge in [0, 0.05) is 17.8 Å². The number of aromatic carboxylic acids is 1. The second kappa shape index (κ2) is 5.88. The Labute approximate surface area is 138 Å². The van der Waals surface area contributed by atoms with Crippen molar-refractivity contribution in [3.8, 4) is 11.5 Å². The van der Waals surface area contributed by atoms with Crippen LogP contribution in [0.3, 0.4) is 0 Å². The number of nitrogens with zero attached hydrogens (tertiary/aromatic N) is 1. The minimum absolute atomic E-state index is 0.0890. The molecule has 1 amide bonds. The lowest BCUT2D eigenvalue weighted by molar-refractivity contribution is 0.0696. The number of phenols is 2. The van der Waals surface area contributed by atoms with Gasteiger partial charge < -0.3 is 20.2 Å². The van der Waals surface area contributed by atoms with Crippen LogP contribution in [0.15, 0.2) is 36.4 Å². The van der Waals surface area contributed by atoms with Crippen LogP contribution in [-0.2, 0) is 6.42 Å². The number of hydrogen-bond donors (Lipinski definition) is 3. The van der Waals surface area contributed by atoms with Crippen molar-refractivity contribution < 1.29 is 24.9 Å². The van der Waals surface area contributed by atoms with Crippen molar-refractivity contribution in [3.63, 3.8) is 0 Å². The van der Waals surface area contributed by atoms with E-state index in [9.17, 15) is 19.8 Å². The molecule has 1 heterocycles. The normalized spacial score (nSPS) is 16.5. The average molecular weight is 327 g/mol. The van der Waals surface area contributed by atoms with E-state index in [1.165, 1.54) is 18.2 Å². The van der Waals surface area contributed by atoms with Crippen molar-refractivity contribution in [2.24, 2.45) is 0 Å². The van der Waals surface area contributed by atoms with Gasteiger partial charge in [0.2, 0.25) is 0 Å². The Balaban J connectivity index is 2.05. The highest BCUT2D eigenvalue weighted by molar-refractivity contribution is 6.09. The number of hydrogen-bond acceptors (Lipinski definition) is 4. The summed E-state index contributed by atoms with van der Waals surface area (Å²) in [4.78, 5) is 25.6. The van der Waals surface area contributed by atoms with Crippen LogP contribution in [0, 0.1) is 0 Å². The SMILES string of the molecule is C[C@H]1CCc2cc(C(=O)O)ccc2N1C(=O)c1ccc(O)cc1O. The zero-order chi connectivity index (χ0) is 17.4. The van der Waals surface area contributed by atoms with Gasteiger partial charge in [-0.1, -0.05) is 0 Å². The highest BCUT2D eigenvalue weighted by Crippen LogP contribution is 2.34. The molecule has 6 nitrogen and oxygen atoms in total. The van der Waals surface area contributed by atoms with Gasteiger partial charge in [-0.2, -0.15) is 0 Å². The second-order valence-corrected chi connectivity index (χ2v) is 5.91. The van der Waals surface area contributed by atoms with Crippen LogP contribution in [0.25, 0.3) is 0 Å². The molecule has 3 rings (SSSR count). The molecule has 3 N–H and O–H groups in total. The number of carbonyl (C=O) groups excluding carboxylic acids is 1. The molecule has 2 aromatic carbocycles. The van der Waals surface area contributed by atoms with E-state index in [0.29, 0.717) is 18.5 Å². The van der Waals surface area contributed by atoms with Gasteiger partial charge in [-0.3, -0.25) is 4.79 Å². The number of carboxylic acids is 1. The van der Waals surface area contributed by atoms with E-state index in [4.69, 9.17) is 5.11 Å². The van der Waals surface area contributed by atoms with Crippen LogP contribution < -0.4 is 4.90 Å². The summed E-state index contributed by atoms with van der Waals surface area (Å²) >= 11 is 0. The molecular formula is C18H17NO5. The van der Waals surface area contributed by atoms with Gasteiger partial charge in [-0.25, -0.2) is 4.79 Å². The monoisotopic (exact) mass is 327 g/mol. The van der Waals surface area contributed by atoms with Crippen LogP contribution in [0.5, 0.6) is 11.5 Å². The lowest BCUT2D eigenvalue weighted by Gasteiger charge is -2.35. The molecule has 0 saturated heterocycles. The predicted molar refractivity (Wildman–Crippen MR) is 87.8 cm³/mol. The number of benzene rings is 2. The number of anilines is 1. The Morgan fingerprint density at radius 1 is 1.12 bits per heavy atom. The van der Waals surface area contributed by atoms with Crippen LogP contribution in [0.2, 0.25) is 0 Å². The molecule has 124 valence electrons. The fourth-order valence-electron chi connectivity index (χ4n) is 3.02. The molecule has 0 radical (unpaired) electrons. The number of aryl methyl sites for hydroxylation is 1. The fourth-order valence-corrected chi connectivity index (χ4v) is 3.02. The molecule has 0 spiro atoms. The van der Waals surface area contributed by atoms with Gasteiger partial charge in [-0.15, -0.1) is 0 Å². The second-order valence-electron chi connectivity index (χ2n) is 5.91. The Bertz CT molecular complexity index is 830. The van der Waals surface area contributed by atoms with Gasteiger partial charge >= 0.3 is 5.97 Å². The molecule has 2 aromatic rings. The Morgan fingerprint density at radius 2 is 1.88 bits per heavy atom. The summed E-state index contributed by atoms with van der Waals surface area (Å²) in [7, 11) is 0. The van der Waals surface area contributed by atoms with Crippen LogP contribution in [-0.4, -0.2) is 33.2 Å². The van der Waals surface area contributed by atoms with Crippen molar-refractivity contribution in [1.29, 1.82) is 0 Å². The van der Waals surface area contributed by atoms with Crippen molar-refractivity contribution in [1.82, 2.24) is 0 Å². The summed E-state index contributed by atoms with van der Waals surface area (Å²) in [5.41, 5.74) is 1.72. The maximum Gasteiger partial charge on any atom is 0.335 e. The molecule has 1 atom stereocenters. The number of amides is 1. The minimum Gasteiger partial charge on any atom is -0.508 e. The summed E-state index contributed by atoms with van der Waals surface area (Å²) in [6, 6.07) is 8.43. The third kappa shape index (κ3) is 2.67. The van der Waals surface area contributed by atoms with E-state index < -0.39 is 5.97 Å². The van der Waals surface area contributed by atoms with Crippen molar-refractivity contribution >= 4 is 17.6 Å². The summed E-state index contributed by atoms with van der Waals surface area (Å²) in [6.45, 7) is 1.91. The standard InChI is InChI=1S/C18H17NO5/c1-10-2-3-11-8-12(18(23)24)4-7-15(11)19(10)17(22)14-6-5-13(20)9-16(14)21/h4-10,20-21H,2-3H2,1H3,(H,23,24)/t10-/m0/s1. The molecule has 1 aliphatic heterocycles. The maximum atomic E-state index is 12.9. The zero-order valence-electron chi connectivity index (χ0n) is 13.1. The molecule has 24 heavy (non-hydrogen) atoms. The molecule has 0 aromatic heterocycles. The summed E-state index contributed by atoms with van der Waals surface area (Å²) < 4.78 is 0. The van der Waals surface area contributed by atoms with Crippen LogP contribution in [0.1, 0.15) is 39.6 Å².